The predicted octanol–water partition coefficient (Wildman–Crippen LogP) is 3.44. The van der Waals surface area contributed by atoms with Crippen molar-refractivity contribution >= 4 is 0 Å². The molecule has 1 heterocycles. The third kappa shape index (κ3) is 2.76. The Morgan fingerprint density at radius 3 is 2.27 bits per heavy atom. The fourth-order valence-electron chi connectivity index (χ4n) is 5.51. The van der Waals surface area contributed by atoms with Crippen LogP contribution in [0.4, 0.5) is 0 Å². The summed E-state index contributed by atoms with van der Waals surface area (Å²) in [5.41, 5.74) is -1.56. The zero-order chi connectivity index (χ0) is 23.4. The van der Waals surface area contributed by atoms with Crippen LogP contribution >= 0.6 is 0 Å². The molecule has 1 aliphatic carbocycles. The summed E-state index contributed by atoms with van der Waals surface area (Å²) in [5, 5.41) is 34.4. The first-order valence-corrected chi connectivity index (χ1v) is 10.7. The van der Waals surface area contributed by atoms with Gasteiger partial charge < -0.3 is 34.3 Å². The van der Waals surface area contributed by atoms with E-state index in [2.05, 4.69) is 0 Å². The van der Waals surface area contributed by atoms with Crippen molar-refractivity contribution in [1.29, 1.82) is 0 Å². The average molecular weight is 450 g/mol. The minimum atomic E-state index is -1.86. The molecule has 1 fully saturated rings. The summed E-state index contributed by atoms with van der Waals surface area (Å²) in [6, 6.07) is 17.8. The number of fused-ring (bicyclic) bond motifs is 3. The van der Waals surface area contributed by atoms with Gasteiger partial charge in [0.2, 0.25) is 0 Å². The second-order valence-corrected chi connectivity index (χ2v) is 8.41. The van der Waals surface area contributed by atoms with Gasteiger partial charge in [-0.05, 0) is 24.1 Å². The number of methoxy groups -OCH3 is 3. The Morgan fingerprint density at radius 2 is 1.64 bits per heavy atom. The second-order valence-electron chi connectivity index (χ2n) is 8.41. The molecule has 33 heavy (non-hydrogen) atoms. The Labute approximate surface area is 191 Å². The topological polar surface area (TPSA) is 97.6 Å². The molecule has 7 nitrogen and oxygen atoms in total. The standard InChI is InChI=1S/C26H26O7/c1-30-17-12-21(32-3)24-22(13-17)33-26(16-9-10-20(31-2)19(27)11-16)18(14-23(28)25(24,26)29)15-7-5-4-6-8-15/h4-13,18,23,27-29H,14H2,1-3H3. The molecule has 0 bridgehead atoms. The van der Waals surface area contributed by atoms with Crippen LogP contribution in [0.1, 0.15) is 29.0 Å². The number of aliphatic hydroxyl groups excluding tert-OH is 1. The fourth-order valence-corrected chi connectivity index (χ4v) is 5.51. The molecule has 5 rings (SSSR count). The van der Waals surface area contributed by atoms with E-state index in [0.717, 1.165) is 5.56 Å². The van der Waals surface area contributed by atoms with E-state index >= 15 is 0 Å². The molecule has 4 atom stereocenters. The van der Waals surface area contributed by atoms with E-state index < -0.39 is 23.2 Å². The lowest BCUT2D eigenvalue weighted by Crippen LogP contribution is -2.52. The van der Waals surface area contributed by atoms with Gasteiger partial charge in [0.15, 0.2) is 22.7 Å². The molecule has 0 saturated heterocycles. The number of phenols is 1. The van der Waals surface area contributed by atoms with Crippen LogP contribution in [-0.2, 0) is 11.2 Å². The minimum Gasteiger partial charge on any atom is -0.504 e. The number of hydrogen-bond acceptors (Lipinski definition) is 7. The quantitative estimate of drug-likeness (QED) is 0.548. The highest BCUT2D eigenvalue weighted by atomic mass is 16.5. The molecule has 1 saturated carbocycles. The molecule has 0 spiro atoms. The van der Waals surface area contributed by atoms with Crippen molar-refractivity contribution in [3.63, 3.8) is 0 Å². The van der Waals surface area contributed by atoms with Crippen LogP contribution in [0.15, 0.2) is 60.7 Å². The Hall–Kier alpha value is -3.42. The van der Waals surface area contributed by atoms with E-state index in [-0.39, 0.29) is 12.2 Å². The van der Waals surface area contributed by atoms with E-state index in [4.69, 9.17) is 18.9 Å². The molecule has 0 radical (unpaired) electrons. The number of benzene rings is 3. The molecule has 172 valence electrons. The van der Waals surface area contributed by atoms with E-state index in [1.165, 1.54) is 27.4 Å². The van der Waals surface area contributed by atoms with Crippen molar-refractivity contribution in [2.24, 2.45) is 0 Å². The molecular formula is C26H26O7. The maximum Gasteiger partial charge on any atom is 0.176 e. The first kappa shape index (κ1) is 21.4. The largest absolute Gasteiger partial charge is 0.504 e. The fraction of sp³-hybridized carbons (Fsp3) is 0.308. The Bertz CT molecular complexity index is 1190. The molecule has 3 N–H and O–H groups in total. The van der Waals surface area contributed by atoms with Gasteiger partial charge in [-0.1, -0.05) is 36.4 Å². The minimum absolute atomic E-state index is 0.0935. The van der Waals surface area contributed by atoms with Gasteiger partial charge in [-0.25, -0.2) is 0 Å². The van der Waals surface area contributed by atoms with E-state index in [0.29, 0.717) is 34.1 Å². The van der Waals surface area contributed by atoms with Gasteiger partial charge in [-0.3, -0.25) is 0 Å². The third-order valence-corrected chi connectivity index (χ3v) is 6.96. The van der Waals surface area contributed by atoms with Gasteiger partial charge in [0.25, 0.3) is 0 Å². The summed E-state index contributed by atoms with van der Waals surface area (Å²) < 4.78 is 22.9. The predicted molar refractivity (Wildman–Crippen MR) is 120 cm³/mol. The molecule has 2 aliphatic rings. The van der Waals surface area contributed by atoms with Gasteiger partial charge in [-0.2, -0.15) is 0 Å². The Balaban J connectivity index is 1.82. The number of aromatic hydroxyl groups is 1. The van der Waals surface area contributed by atoms with E-state index in [1.54, 1.807) is 24.3 Å². The maximum atomic E-state index is 12.4. The molecule has 7 heteroatoms. The van der Waals surface area contributed by atoms with Gasteiger partial charge in [0.1, 0.15) is 17.2 Å². The average Bonchev–Trinajstić information content (AvgIpc) is 3.24. The lowest BCUT2D eigenvalue weighted by molar-refractivity contribution is -0.150. The zero-order valence-electron chi connectivity index (χ0n) is 18.6. The maximum absolute atomic E-state index is 12.4. The van der Waals surface area contributed by atoms with Crippen LogP contribution < -0.4 is 18.9 Å². The third-order valence-electron chi connectivity index (χ3n) is 6.96. The van der Waals surface area contributed by atoms with Gasteiger partial charge >= 0.3 is 0 Å². The van der Waals surface area contributed by atoms with Crippen LogP contribution in [0.25, 0.3) is 0 Å². The highest BCUT2D eigenvalue weighted by Gasteiger charge is 2.73. The Kier molecular flexibility index (Phi) is 4.92. The first-order valence-electron chi connectivity index (χ1n) is 10.7. The van der Waals surface area contributed by atoms with Crippen molar-refractivity contribution < 1.29 is 34.3 Å². The summed E-state index contributed by atoms with van der Waals surface area (Å²) in [5.74, 6) is 0.956. The first-order chi connectivity index (χ1) is 15.9. The summed E-state index contributed by atoms with van der Waals surface area (Å²) in [4.78, 5) is 0. The Morgan fingerprint density at radius 1 is 0.909 bits per heavy atom. The van der Waals surface area contributed by atoms with Gasteiger partial charge in [-0.15, -0.1) is 0 Å². The van der Waals surface area contributed by atoms with Crippen LogP contribution in [0.5, 0.6) is 28.7 Å². The molecule has 4 unspecified atom stereocenters. The molecule has 1 aliphatic heterocycles. The highest BCUT2D eigenvalue weighted by Crippen LogP contribution is 2.68. The van der Waals surface area contributed by atoms with Gasteiger partial charge in [0.05, 0.1) is 33.0 Å². The van der Waals surface area contributed by atoms with Gasteiger partial charge in [0, 0.05) is 23.6 Å². The number of aliphatic hydroxyl groups is 2. The molecule has 3 aromatic rings. The van der Waals surface area contributed by atoms with Crippen molar-refractivity contribution in [1.82, 2.24) is 0 Å². The van der Waals surface area contributed by atoms with Crippen molar-refractivity contribution in [2.45, 2.75) is 29.6 Å². The van der Waals surface area contributed by atoms with Crippen molar-refractivity contribution in [3.05, 3.63) is 77.4 Å². The van der Waals surface area contributed by atoms with Crippen molar-refractivity contribution in [3.8, 4) is 28.7 Å². The normalized spacial score (nSPS) is 27.4. The smallest absolute Gasteiger partial charge is 0.176 e. The SMILES string of the molecule is COc1cc(OC)c2c(c1)OC1(c3ccc(OC)c(O)c3)C(c3ccccc3)CC(O)C21O. The summed E-state index contributed by atoms with van der Waals surface area (Å²) >= 11 is 0. The lowest BCUT2D eigenvalue weighted by atomic mass is 9.71. The molecular weight excluding hydrogens is 424 g/mol. The number of rotatable bonds is 5. The van der Waals surface area contributed by atoms with Crippen LogP contribution in [0.3, 0.4) is 0 Å². The summed E-state index contributed by atoms with van der Waals surface area (Å²) in [6.45, 7) is 0. The lowest BCUT2D eigenvalue weighted by Gasteiger charge is -2.40. The van der Waals surface area contributed by atoms with Crippen molar-refractivity contribution in [2.75, 3.05) is 21.3 Å². The monoisotopic (exact) mass is 450 g/mol. The van der Waals surface area contributed by atoms with E-state index in [1.807, 2.05) is 30.3 Å². The number of ether oxygens (including phenoxy) is 4. The molecule has 0 amide bonds. The summed E-state index contributed by atoms with van der Waals surface area (Å²) in [6.07, 6.45) is -0.933. The number of hydrogen-bond donors (Lipinski definition) is 3. The van der Waals surface area contributed by atoms with Crippen LogP contribution in [0, 0.1) is 0 Å². The molecule has 3 aromatic carbocycles. The van der Waals surface area contributed by atoms with Crippen LogP contribution in [-0.4, -0.2) is 42.8 Å². The second kappa shape index (κ2) is 7.57. The summed E-state index contributed by atoms with van der Waals surface area (Å²) in [7, 11) is 4.49. The molecule has 0 aromatic heterocycles. The van der Waals surface area contributed by atoms with E-state index in [9.17, 15) is 15.3 Å². The highest BCUT2D eigenvalue weighted by molar-refractivity contribution is 5.63. The zero-order valence-corrected chi connectivity index (χ0v) is 18.6. The van der Waals surface area contributed by atoms with Crippen LogP contribution in [0.2, 0.25) is 0 Å². The number of phenolic OH excluding ortho intramolecular Hbond substituents is 1.